The number of rotatable bonds is 3. The molecular formula is C19H29NO4. The number of piperidine rings is 1. The van der Waals surface area contributed by atoms with Crippen LogP contribution in [-0.4, -0.2) is 48.0 Å². The molecule has 1 saturated heterocycles. The standard InChI is InChI=1S/C19H29NO4/c1-13-17(12-21)16(14-7-6-8-15(11-14)23-5)9-10-20(13)18(22)24-19(2,3)4/h6-8,11,13,16-17,21H,9-10,12H2,1-5H3. The molecule has 3 unspecified atom stereocenters. The summed E-state index contributed by atoms with van der Waals surface area (Å²) in [5.74, 6) is 0.976. The second-order valence-corrected chi connectivity index (χ2v) is 7.43. The predicted octanol–water partition coefficient (Wildman–Crippen LogP) is 3.42. The topological polar surface area (TPSA) is 59.0 Å². The van der Waals surface area contributed by atoms with Gasteiger partial charge in [-0.25, -0.2) is 4.79 Å². The summed E-state index contributed by atoms with van der Waals surface area (Å²) >= 11 is 0. The van der Waals surface area contributed by atoms with Crippen LogP contribution in [-0.2, 0) is 4.74 Å². The van der Waals surface area contributed by atoms with Gasteiger partial charge in [0.15, 0.2) is 0 Å². The van der Waals surface area contributed by atoms with Crippen molar-refractivity contribution in [3.8, 4) is 5.75 Å². The summed E-state index contributed by atoms with van der Waals surface area (Å²) in [5.41, 5.74) is 0.624. The Morgan fingerprint density at radius 3 is 2.67 bits per heavy atom. The Hall–Kier alpha value is -1.75. The second kappa shape index (κ2) is 7.43. The fourth-order valence-corrected chi connectivity index (χ4v) is 3.41. The Balaban J connectivity index is 2.18. The van der Waals surface area contributed by atoms with Crippen LogP contribution in [0.3, 0.4) is 0 Å². The third-order valence-corrected chi connectivity index (χ3v) is 4.67. The Morgan fingerprint density at radius 1 is 1.38 bits per heavy atom. The Bertz CT molecular complexity index is 567. The van der Waals surface area contributed by atoms with E-state index in [1.807, 2.05) is 45.9 Å². The summed E-state index contributed by atoms with van der Waals surface area (Å²) in [4.78, 5) is 14.2. The van der Waals surface area contributed by atoms with E-state index in [0.29, 0.717) is 6.54 Å². The Kier molecular flexibility index (Phi) is 5.75. The summed E-state index contributed by atoms with van der Waals surface area (Å²) < 4.78 is 10.8. The van der Waals surface area contributed by atoms with E-state index in [2.05, 4.69) is 6.07 Å². The van der Waals surface area contributed by atoms with Crippen LogP contribution in [0.4, 0.5) is 4.79 Å². The number of ether oxygens (including phenoxy) is 2. The highest BCUT2D eigenvalue weighted by Gasteiger charge is 2.39. The number of amides is 1. The molecule has 1 fully saturated rings. The normalized spacial score (nSPS) is 24.6. The van der Waals surface area contributed by atoms with Gasteiger partial charge in [-0.15, -0.1) is 0 Å². The third kappa shape index (κ3) is 4.20. The maximum atomic E-state index is 12.4. The number of aliphatic hydroxyl groups excluding tert-OH is 1. The molecule has 2 rings (SSSR count). The van der Waals surface area contributed by atoms with E-state index in [1.54, 1.807) is 12.0 Å². The van der Waals surface area contributed by atoms with Crippen LogP contribution in [0.5, 0.6) is 5.75 Å². The average molecular weight is 335 g/mol. The Labute approximate surface area is 144 Å². The van der Waals surface area contributed by atoms with Crippen molar-refractivity contribution in [1.82, 2.24) is 4.90 Å². The molecule has 1 heterocycles. The largest absolute Gasteiger partial charge is 0.497 e. The molecule has 1 amide bonds. The minimum absolute atomic E-state index is 0.0293. The fourth-order valence-electron chi connectivity index (χ4n) is 3.41. The number of hydrogen-bond donors (Lipinski definition) is 1. The van der Waals surface area contributed by atoms with E-state index in [0.717, 1.165) is 17.7 Å². The van der Waals surface area contributed by atoms with Crippen molar-refractivity contribution in [1.29, 1.82) is 0 Å². The molecule has 5 heteroatoms. The molecule has 0 spiro atoms. The van der Waals surface area contributed by atoms with Gasteiger partial charge in [-0.05, 0) is 57.7 Å². The number of carbonyl (C=O) groups excluding carboxylic acids is 1. The van der Waals surface area contributed by atoms with Gasteiger partial charge in [0.1, 0.15) is 11.4 Å². The van der Waals surface area contributed by atoms with Gasteiger partial charge in [0, 0.05) is 25.1 Å². The van der Waals surface area contributed by atoms with Crippen molar-refractivity contribution in [2.75, 3.05) is 20.3 Å². The average Bonchev–Trinajstić information content (AvgIpc) is 2.52. The van der Waals surface area contributed by atoms with Gasteiger partial charge < -0.3 is 19.5 Å². The minimum Gasteiger partial charge on any atom is -0.497 e. The maximum Gasteiger partial charge on any atom is 0.410 e. The summed E-state index contributed by atoms with van der Waals surface area (Å²) in [6.07, 6.45) is 0.486. The Morgan fingerprint density at radius 2 is 2.08 bits per heavy atom. The lowest BCUT2D eigenvalue weighted by Gasteiger charge is -2.43. The van der Waals surface area contributed by atoms with Crippen molar-refractivity contribution >= 4 is 6.09 Å². The van der Waals surface area contributed by atoms with Crippen molar-refractivity contribution in [3.63, 3.8) is 0 Å². The van der Waals surface area contributed by atoms with E-state index >= 15 is 0 Å². The zero-order valence-corrected chi connectivity index (χ0v) is 15.3. The van der Waals surface area contributed by atoms with E-state index in [-0.39, 0.29) is 30.6 Å². The smallest absolute Gasteiger partial charge is 0.410 e. The van der Waals surface area contributed by atoms with Gasteiger partial charge in [-0.1, -0.05) is 12.1 Å². The van der Waals surface area contributed by atoms with Gasteiger partial charge in [0.05, 0.1) is 7.11 Å². The van der Waals surface area contributed by atoms with Crippen molar-refractivity contribution < 1.29 is 19.4 Å². The lowest BCUT2D eigenvalue weighted by atomic mass is 9.76. The van der Waals surface area contributed by atoms with E-state index < -0.39 is 5.60 Å². The quantitative estimate of drug-likeness (QED) is 0.919. The van der Waals surface area contributed by atoms with Gasteiger partial charge in [0.2, 0.25) is 0 Å². The van der Waals surface area contributed by atoms with E-state index in [9.17, 15) is 9.90 Å². The minimum atomic E-state index is -0.519. The first kappa shape index (κ1) is 18.6. The second-order valence-electron chi connectivity index (χ2n) is 7.43. The number of aliphatic hydroxyl groups is 1. The highest BCUT2D eigenvalue weighted by Crippen LogP contribution is 2.38. The van der Waals surface area contributed by atoms with Crippen LogP contribution in [0, 0.1) is 5.92 Å². The summed E-state index contributed by atoms with van der Waals surface area (Å²) in [7, 11) is 1.65. The van der Waals surface area contributed by atoms with Crippen LogP contribution >= 0.6 is 0 Å². The number of nitrogens with zero attached hydrogens (tertiary/aromatic N) is 1. The van der Waals surface area contributed by atoms with Crippen LogP contribution < -0.4 is 4.74 Å². The lowest BCUT2D eigenvalue weighted by Crippen LogP contribution is -2.52. The maximum absolute atomic E-state index is 12.4. The molecule has 134 valence electrons. The molecule has 1 aliphatic heterocycles. The summed E-state index contributed by atoms with van der Waals surface area (Å²) in [6.45, 7) is 8.22. The lowest BCUT2D eigenvalue weighted by molar-refractivity contribution is -0.00764. The number of likely N-dealkylation sites (tertiary alicyclic amines) is 1. The van der Waals surface area contributed by atoms with Crippen molar-refractivity contribution in [2.45, 2.75) is 51.7 Å². The number of benzene rings is 1. The van der Waals surface area contributed by atoms with Gasteiger partial charge in [-0.3, -0.25) is 0 Å². The molecule has 5 nitrogen and oxygen atoms in total. The van der Waals surface area contributed by atoms with Gasteiger partial charge in [0.25, 0.3) is 0 Å². The monoisotopic (exact) mass is 335 g/mol. The molecule has 0 bridgehead atoms. The molecule has 0 radical (unpaired) electrons. The summed E-state index contributed by atoms with van der Waals surface area (Å²) in [6, 6.07) is 7.87. The molecule has 1 aromatic rings. The molecule has 1 aliphatic rings. The molecule has 0 saturated carbocycles. The molecule has 0 aromatic heterocycles. The third-order valence-electron chi connectivity index (χ3n) is 4.67. The van der Waals surface area contributed by atoms with Crippen LogP contribution in [0.15, 0.2) is 24.3 Å². The highest BCUT2D eigenvalue weighted by atomic mass is 16.6. The SMILES string of the molecule is COc1cccc(C2CCN(C(=O)OC(C)(C)C)C(C)C2CO)c1. The molecule has 0 aliphatic carbocycles. The number of carbonyl (C=O) groups is 1. The highest BCUT2D eigenvalue weighted by molar-refractivity contribution is 5.68. The van der Waals surface area contributed by atoms with Crippen LogP contribution in [0.2, 0.25) is 0 Å². The summed E-state index contributed by atoms with van der Waals surface area (Å²) in [5, 5.41) is 9.94. The first-order valence-corrected chi connectivity index (χ1v) is 8.51. The predicted molar refractivity (Wildman–Crippen MR) is 93.3 cm³/mol. The van der Waals surface area contributed by atoms with Crippen molar-refractivity contribution in [3.05, 3.63) is 29.8 Å². The first-order chi connectivity index (χ1) is 11.3. The zero-order valence-electron chi connectivity index (χ0n) is 15.3. The number of hydrogen-bond acceptors (Lipinski definition) is 4. The van der Waals surface area contributed by atoms with E-state index in [1.165, 1.54) is 0 Å². The molecule has 3 atom stereocenters. The molecule has 1 aromatic carbocycles. The van der Waals surface area contributed by atoms with Crippen LogP contribution in [0.25, 0.3) is 0 Å². The van der Waals surface area contributed by atoms with E-state index in [4.69, 9.17) is 9.47 Å². The van der Waals surface area contributed by atoms with Crippen LogP contribution in [0.1, 0.15) is 45.6 Å². The van der Waals surface area contributed by atoms with Crippen molar-refractivity contribution in [2.24, 2.45) is 5.92 Å². The molecular weight excluding hydrogens is 306 g/mol. The van der Waals surface area contributed by atoms with Gasteiger partial charge in [-0.2, -0.15) is 0 Å². The van der Waals surface area contributed by atoms with Gasteiger partial charge >= 0.3 is 6.09 Å². The molecule has 24 heavy (non-hydrogen) atoms. The molecule has 1 N–H and O–H groups in total. The number of methoxy groups -OCH3 is 1. The fraction of sp³-hybridized carbons (Fsp3) is 0.632. The first-order valence-electron chi connectivity index (χ1n) is 8.51. The zero-order chi connectivity index (χ0) is 17.9.